The average Bonchev–Trinajstić information content (AvgIpc) is 2.82. The van der Waals surface area contributed by atoms with Crippen LogP contribution in [-0.4, -0.2) is 37.7 Å². The van der Waals surface area contributed by atoms with Crippen LogP contribution in [0.4, 0.5) is 0 Å². The lowest BCUT2D eigenvalue weighted by molar-refractivity contribution is 0.0954. The Kier molecular flexibility index (Phi) is 7.29. The van der Waals surface area contributed by atoms with Crippen LogP contribution in [0.3, 0.4) is 0 Å². The molecule has 168 valence electrons. The third-order valence-corrected chi connectivity index (χ3v) is 7.07. The van der Waals surface area contributed by atoms with Crippen LogP contribution in [0, 0.1) is 17.2 Å². The van der Waals surface area contributed by atoms with Crippen molar-refractivity contribution in [3.63, 3.8) is 0 Å². The van der Waals surface area contributed by atoms with Gasteiger partial charge < -0.3 is 15.0 Å². The number of hydrogen-bond acceptors (Lipinski definition) is 4. The van der Waals surface area contributed by atoms with Crippen LogP contribution >= 0.6 is 0 Å². The molecular formula is C28H35N3O. The van der Waals surface area contributed by atoms with Gasteiger partial charge in [0.2, 0.25) is 0 Å². The van der Waals surface area contributed by atoms with Crippen LogP contribution < -0.4 is 10.1 Å². The van der Waals surface area contributed by atoms with E-state index in [1.807, 2.05) is 12.1 Å². The van der Waals surface area contributed by atoms with Gasteiger partial charge in [-0.2, -0.15) is 5.26 Å². The van der Waals surface area contributed by atoms with Gasteiger partial charge in [-0.25, -0.2) is 0 Å². The summed E-state index contributed by atoms with van der Waals surface area (Å²) in [6, 6.07) is 18.5. The number of nitrogens with one attached hydrogen (secondary N) is 1. The topological polar surface area (TPSA) is 48.3 Å². The summed E-state index contributed by atoms with van der Waals surface area (Å²) < 4.78 is 5.86. The molecule has 1 fully saturated rings. The van der Waals surface area contributed by atoms with Gasteiger partial charge in [-0.15, -0.1) is 6.58 Å². The molecule has 0 aliphatic carbocycles. The van der Waals surface area contributed by atoms with Gasteiger partial charge in [0.1, 0.15) is 5.75 Å². The first-order valence-corrected chi connectivity index (χ1v) is 11.9. The van der Waals surface area contributed by atoms with Crippen LogP contribution in [0.2, 0.25) is 0 Å². The highest BCUT2D eigenvalue weighted by molar-refractivity contribution is 5.38. The molecule has 4 rings (SSSR count). The Bertz CT molecular complexity index is 953. The molecule has 2 aliphatic rings. The fourth-order valence-electron chi connectivity index (χ4n) is 5.58. The van der Waals surface area contributed by atoms with Crippen LogP contribution in [0.15, 0.2) is 60.7 Å². The molecule has 0 saturated carbocycles. The molecule has 4 heteroatoms. The van der Waals surface area contributed by atoms with Crippen molar-refractivity contribution in [3.05, 3.63) is 77.4 Å². The largest absolute Gasteiger partial charge is 0.494 e. The van der Waals surface area contributed by atoms with Crippen LogP contribution in [-0.2, 0) is 12.0 Å². The third-order valence-electron chi connectivity index (χ3n) is 7.07. The summed E-state index contributed by atoms with van der Waals surface area (Å²) in [5.41, 5.74) is 4.97. The van der Waals surface area contributed by atoms with E-state index in [0.717, 1.165) is 51.2 Å². The number of ether oxygens (including phenoxy) is 1. The van der Waals surface area contributed by atoms with Crippen molar-refractivity contribution in [1.29, 1.82) is 5.26 Å². The molecule has 2 aromatic carbocycles. The number of hydrogen-bond donors (Lipinski definition) is 1. The first-order valence-electron chi connectivity index (χ1n) is 11.9. The van der Waals surface area contributed by atoms with E-state index in [1.165, 1.54) is 29.5 Å². The van der Waals surface area contributed by atoms with Crippen LogP contribution in [0.25, 0.3) is 0 Å². The average molecular weight is 430 g/mol. The maximum Gasteiger partial charge on any atom is 0.119 e. The number of nitriles is 1. The van der Waals surface area contributed by atoms with E-state index >= 15 is 0 Å². The molecule has 0 aromatic heterocycles. The van der Waals surface area contributed by atoms with Crippen molar-refractivity contribution >= 4 is 0 Å². The molecule has 1 atom stereocenters. The summed E-state index contributed by atoms with van der Waals surface area (Å²) in [5, 5.41) is 12.9. The number of nitrogens with zero attached hydrogens (tertiary/aromatic N) is 2. The summed E-state index contributed by atoms with van der Waals surface area (Å²) in [4.78, 5) is 2.59. The van der Waals surface area contributed by atoms with Gasteiger partial charge in [0.25, 0.3) is 0 Å². The van der Waals surface area contributed by atoms with Crippen molar-refractivity contribution in [2.24, 2.45) is 5.92 Å². The predicted octanol–water partition coefficient (Wildman–Crippen LogP) is 5.05. The van der Waals surface area contributed by atoms with Gasteiger partial charge in [-0.3, -0.25) is 0 Å². The van der Waals surface area contributed by atoms with Gasteiger partial charge in [0, 0.05) is 13.1 Å². The Morgan fingerprint density at radius 1 is 1.19 bits per heavy atom. The fraction of sp³-hybridized carbons (Fsp3) is 0.464. The second kappa shape index (κ2) is 10.3. The minimum Gasteiger partial charge on any atom is -0.494 e. The number of likely N-dealkylation sites (tertiary alicyclic amines) is 1. The Labute approximate surface area is 192 Å². The molecule has 1 N–H and O–H groups in total. The van der Waals surface area contributed by atoms with Crippen molar-refractivity contribution in [2.45, 2.75) is 44.6 Å². The first-order chi connectivity index (χ1) is 15.6. The van der Waals surface area contributed by atoms with Crippen LogP contribution in [0.5, 0.6) is 5.75 Å². The number of rotatable bonds is 8. The normalized spacial score (nSPS) is 21.5. The summed E-state index contributed by atoms with van der Waals surface area (Å²) in [5.74, 6) is 1.47. The molecule has 0 spiro atoms. The predicted molar refractivity (Wildman–Crippen MR) is 130 cm³/mol. The third kappa shape index (κ3) is 5.06. The number of benzene rings is 2. The minimum absolute atomic E-state index is 0.0332. The van der Waals surface area contributed by atoms with E-state index in [-0.39, 0.29) is 5.54 Å². The number of piperidine rings is 1. The first kappa shape index (κ1) is 22.6. The van der Waals surface area contributed by atoms with Crippen molar-refractivity contribution in [2.75, 3.05) is 32.8 Å². The highest BCUT2D eigenvalue weighted by atomic mass is 16.5. The Morgan fingerprint density at radius 2 is 1.94 bits per heavy atom. The molecule has 2 aromatic rings. The molecule has 32 heavy (non-hydrogen) atoms. The van der Waals surface area contributed by atoms with Crippen molar-refractivity contribution in [3.8, 4) is 11.8 Å². The second-order valence-corrected chi connectivity index (χ2v) is 9.39. The molecule has 4 nitrogen and oxygen atoms in total. The number of fused-ring (bicyclic) bond motifs is 1. The second-order valence-electron chi connectivity index (χ2n) is 9.39. The summed E-state index contributed by atoms with van der Waals surface area (Å²) in [6.07, 6.45) is 5.58. The van der Waals surface area contributed by atoms with Crippen molar-refractivity contribution < 1.29 is 4.74 Å². The SMILES string of the molecule is C=C(C)CC1(C2CCN(CCCOc3ccc(C#N)cc3)CC2)NCCc2ccccc21. The summed E-state index contributed by atoms with van der Waals surface area (Å²) in [6.45, 7) is 11.6. The minimum atomic E-state index is 0.0332. The van der Waals surface area contributed by atoms with E-state index in [1.54, 1.807) is 12.1 Å². The van der Waals surface area contributed by atoms with Gasteiger partial charge in [0.05, 0.1) is 23.8 Å². The monoisotopic (exact) mass is 429 g/mol. The molecule has 2 heterocycles. The van der Waals surface area contributed by atoms with Gasteiger partial charge >= 0.3 is 0 Å². The smallest absolute Gasteiger partial charge is 0.119 e. The lowest BCUT2D eigenvalue weighted by atomic mass is 9.67. The Balaban J connectivity index is 1.31. The summed E-state index contributed by atoms with van der Waals surface area (Å²) in [7, 11) is 0. The molecule has 1 unspecified atom stereocenters. The zero-order chi connectivity index (χ0) is 22.4. The van der Waals surface area contributed by atoms with E-state index in [9.17, 15) is 0 Å². The van der Waals surface area contributed by atoms with Gasteiger partial charge in [0.15, 0.2) is 0 Å². The maximum atomic E-state index is 8.89. The van der Waals surface area contributed by atoms with E-state index < -0.39 is 0 Å². The molecule has 0 radical (unpaired) electrons. The van der Waals surface area contributed by atoms with Crippen molar-refractivity contribution in [1.82, 2.24) is 10.2 Å². The van der Waals surface area contributed by atoms with E-state index in [2.05, 4.69) is 54.1 Å². The fourth-order valence-corrected chi connectivity index (χ4v) is 5.58. The maximum absolute atomic E-state index is 8.89. The Morgan fingerprint density at radius 3 is 2.66 bits per heavy atom. The lowest BCUT2D eigenvalue weighted by Crippen LogP contribution is -2.55. The van der Waals surface area contributed by atoms with Gasteiger partial charge in [-0.05, 0) is 93.4 Å². The molecular weight excluding hydrogens is 394 g/mol. The lowest BCUT2D eigenvalue weighted by Gasteiger charge is -2.49. The molecule has 0 bridgehead atoms. The quantitative estimate of drug-likeness (QED) is 0.471. The zero-order valence-corrected chi connectivity index (χ0v) is 19.3. The van der Waals surface area contributed by atoms with E-state index in [0.29, 0.717) is 18.1 Å². The molecule has 2 aliphatic heterocycles. The van der Waals surface area contributed by atoms with E-state index in [4.69, 9.17) is 10.00 Å². The summed E-state index contributed by atoms with van der Waals surface area (Å²) >= 11 is 0. The standard InChI is InChI=1S/C28H35N3O/c1-22(2)20-28(27-7-4-3-6-24(27)12-15-30-28)25-13-17-31(18-14-25)16-5-19-32-26-10-8-23(21-29)9-11-26/h3-4,6-11,25,30H,1,5,12-20H2,2H3. The molecule has 1 saturated heterocycles. The zero-order valence-electron chi connectivity index (χ0n) is 19.3. The highest BCUT2D eigenvalue weighted by Crippen LogP contribution is 2.44. The molecule has 0 amide bonds. The van der Waals surface area contributed by atoms with Crippen LogP contribution in [0.1, 0.15) is 49.3 Å². The highest BCUT2D eigenvalue weighted by Gasteiger charge is 2.43. The van der Waals surface area contributed by atoms with Gasteiger partial charge in [-0.1, -0.05) is 29.8 Å². The Hall–Kier alpha value is -2.61.